The van der Waals surface area contributed by atoms with Crippen molar-refractivity contribution in [3.8, 4) is 34.5 Å². The van der Waals surface area contributed by atoms with Crippen LogP contribution in [0, 0.1) is 40.9 Å². The zero-order valence-corrected chi connectivity index (χ0v) is 22.6. The fraction of sp³-hybridized carbons (Fsp3) is 0.188. The fourth-order valence-corrected chi connectivity index (χ4v) is 4.03. The molecule has 0 fully saturated rings. The average Bonchev–Trinajstić information content (AvgIpc) is 2.90. The van der Waals surface area contributed by atoms with Crippen molar-refractivity contribution >= 4 is 0 Å². The summed E-state index contributed by atoms with van der Waals surface area (Å²) in [7, 11) is 0. The summed E-state index contributed by atoms with van der Waals surface area (Å²) < 4.78 is 149. The summed E-state index contributed by atoms with van der Waals surface area (Å²) in [5.74, 6) is -4.04. The third-order valence-electron chi connectivity index (χ3n) is 6.13. The fourth-order valence-electron chi connectivity index (χ4n) is 4.03. The van der Waals surface area contributed by atoms with E-state index in [4.69, 9.17) is 4.74 Å². The molecule has 0 saturated heterocycles. The molecule has 230 valence electrons. The number of benzene rings is 4. The molecule has 0 aliphatic heterocycles. The Morgan fingerprint density at radius 3 is 1.70 bits per heavy atom. The highest BCUT2D eigenvalue weighted by Crippen LogP contribution is 2.38. The van der Waals surface area contributed by atoms with Crippen LogP contribution in [0.25, 0.3) is 11.1 Å². The Labute approximate surface area is 244 Å². The molecular formula is C32H20F10O2. The number of hydrogen-bond acceptors (Lipinski definition) is 2. The van der Waals surface area contributed by atoms with Crippen molar-refractivity contribution in [1.29, 1.82) is 0 Å². The number of ether oxygens (including phenoxy) is 2. The van der Waals surface area contributed by atoms with Crippen molar-refractivity contribution in [2.24, 2.45) is 0 Å². The quantitative estimate of drug-likeness (QED) is 0.110. The van der Waals surface area contributed by atoms with Crippen LogP contribution in [-0.4, -0.2) is 6.61 Å². The second kappa shape index (κ2) is 12.9. The lowest BCUT2D eigenvalue weighted by Crippen LogP contribution is -2.25. The molecule has 0 radical (unpaired) electrons. The van der Waals surface area contributed by atoms with E-state index in [0.717, 1.165) is 18.6 Å². The Morgan fingerprint density at radius 1 is 0.614 bits per heavy atom. The molecule has 4 aromatic rings. The third kappa shape index (κ3) is 7.45. The van der Waals surface area contributed by atoms with Crippen LogP contribution in [0.4, 0.5) is 43.9 Å². The Kier molecular flexibility index (Phi) is 9.47. The molecule has 0 amide bonds. The van der Waals surface area contributed by atoms with Crippen molar-refractivity contribution in [2.75, 3.05) is 6.61 Å². The first-order valence-corrected chi connectivity index (χ1v) is 12.9. The summed E-state index contributed by atoms with van der Waals surface area (Å²) >= 11 is 0. The van der Waals surface area contributed by atoms with Crippen LogP contribution < -0.4 is 9.47 Å². The highest BCUT2D eigenvalue weighted by molar-refractivity contribution is 5.66. The van der Waals surface area contributed by atoms with Gasteiger partial charge in [0.05, 0.1) is 6.61 Å². The molecule has 0 saturated carbocycles. The maximum absolute atomic E-state index is 14.9. The molecule has 4 rings (SSSR count). The van der Waals surface area contributed by atoms with Gasteiger partial charge in [-0.2, -0.15) is 22.0 Å². The predicted octanol–water partition coefficient (Wildman–Crippen LogP) is 9.77. The number of alkyl halides is 5. The highest BCUT2D eigenvalue weighted by Gasteiger charge is 2.41. The van der Waals surface area contributed by atoms with Gasteiger partial charge in [-0.15, -0.1) is 0 Å². The normalized spacial score (nSPS) is 11.6. The second-order valence-electron chi connectivity index (χ2n) is 9.36. The number of unbranched alkanes of at least 4 members (excludes halogenated alkanes) is 1. The Balaban J connectivity index is 1.49. The zero-order chi connectivity index (χ0) is 32.2. The van der Waals surface area contributed by atoms with Gasteiger partial charge in [-0.05, 0) is 48.4 Å². The first-order chi connectivity index (χ1) is 20.7. The molecule has 12 heteroatoms. The lowest BCUT2D eigenvalue weighted by molar-refractivity contribution is -0.189. The van der Waals surface area contributed by atoms with E-state index in [9.17, 15) is 43.9 Å². The van der Waals surface area contributed by atoms with Gasteiger partial charge < -0.3 is 9.47 Å². The van der Waals surface area contributed by atoms with Gasteiger partial charge in [0.25, 0.3) is 0 Å². The van der Waals surface area contributed by atoms with Crippen LogP contribution in [0.5, 0.6) is 11.5 Å². The maximum atomic E-state index is 14.9. The van der Waals surface area contributed by atoms with Gasteiger partial charge in [0.2, 0.25) is 0 Å². The SMILES string of the molecule is CCCCOc1cc(F)c(C(F)(F)Oc2ccc(-c3ccc(C#Cc4cc(F)c(C(F)(F)F)c(F)c4)cc3)c(F)c2)c(F)c1. The van der Waals surface area contributed by atoms with E-state index in [1.165, 1.54) is 24.3 Å². The zero-order valence-electron chi connectivity index (χ0n) is 22.6. The number of hydrogen-bond donors (Lipinski definition) is 0. The smallest absolute Gasteiger partial charge is 0.432 e. The minimum Gasteiger partial charge on any atom is -0.493 e. The van der Waals surface area contributed by atoms with Gasteiger partial charge >= 0.3 is 12.3 Å². The molecule has 0 aromatic heterocycles. The van der Waals surface area contributed by atoms with Gasteiger partial charge in [-0.3, -0.25) is 0 Å². The molecule has 0 unspecified atom stereocenters. The third-order valence-corrected chi connectivity index (χ3v) is 6.13. The van der Waals surface area contributed by atoms with Crippen LogP contribution in [0.3, 0.4) is 0 Å². The first kappa shape index (κ1) is 32.3. The van der Waals surface area contributed by atoms with Gasteiger partial charge in [0, 0.05) is 34.9 Å². The summed E-state index contributed by atoms with van der Waals surface area (Å²) in [6.45, 7) is 2.00. The summed E-state index contributed by atoms with van der Waals surface area (Å²) in [6.07, 6.45) is -8.41. The maximum Gasteiger partial charge on any atom is 0.432 e. The van der Waals surface area contributed by atoms with E-state index in [2.05, 4.69) is 16.6 Å². The summed E-state index contributed by atoms with van der Waals surface area (Å²) in [5.41, 5.74) is -3.64. The lowest BCUT2D eigenvalue weighted by atomic mass is 10.0. The molecule has 0 aliphatic carbocycles. The highest BCUT2D eigenvalue weighted by atomic mass is 19.4. The number of halogens is 10. The monoisotopic (exact) mass is 626 g/mol. The van der Waals surface area contributed by atoms with E-state index in [-0.39, 0.29) is 34.6 Å². The standard InChI is InChI=1S/C32H20F10O2/c1-2-3-12-43-22-16-27(36)30(28(37)17-22)32(41,42)44-21-10-11-23(24(33)15-21)20-8-6-18(7-9-20)4-5-19-13-25(34)29(26(35)14-19)31(38,39)40/h6-11,13-17H,2-3,12H2,1H3. The molecule has 0 heterocycles. The summed E-state index contributed by atoms with van der Waals surface area (Å²) in [6, 6.07) is 10.2. The number of rotatable bonds is 8. The topological polar surface area (TPSA) is 18.5 Å². The molecule has 0 spiro atoms. The van der Waals surface area contributed by atoms with Crippen LogP contribution in [0.1, 0.15) is 42.0 Å². The Hall–Kier alpha value is -4.66. The molecule has 0 atom stereocenters. The van der Waals surface area contributed by atoms with Crippen LogP contribution in [0.15, 0.2) is 66.7 Å². The van der Waals surface area contributed by atoms with Crippen LogP contribution in [-0.2, 0) is 12.3 Å². The molecule has 44 heavy (non-hydrogen) atoms. The predicted molar refractivity (Wildman–Crippen MR) is 140 cm³/mol. The average molecular weight is 626 g/mol. The lowest BCUT2D eigenvalue weighted by Gasteiger charge is -2.20. The van der Waals surface area contributed by atoms with Crippen molar-refractivity contribution < 1.29 is 53.4 Å². The molecular weight excluding hydrogens is 606 g/mol. The summed E-state index contributed by atoms with van der Waals surface area (Å²) in [4.78, 5) is 0. The Morgan fingerprint density at radius 2 is 1.16 bits per heavy atom. The van der Waals surface area contributed by atoms with Crippen molar-refractivity contribution in [3.63, 3.8) is 0 Å². The van der Waals surface area contributed by atoms with E-state index in [1.54, 1.807) is 0 Å². The van der Waals surface area contributed by atoms with Crippen molar-refractivity contribution in [1.82, 2.24) is 0 Å². The summed E-state index contributed by atoms with van der Waals surface area (Å²) in [5, 5.41) is 0. The van der Waals surface area contributed by atoms with Gasteiger partial charge in [0.1, 0.15) is 51.7 Å². The molecule has 0 aliphatic rings. The van der Waals surface area contributed by atoms with Crippen LogP contribution in [0.2, 0.25) is 0 Å². The molecule has 2 nitrogen and oxygen atoms in total. The minimum atomic E-state index is -5.22. The van der Waals surface area contributed by atoms with E-state index < -0.39 is 58.2 Å². The first-order valence-electron chi connectivity index (χ1n) is 12.9. The van der Waals surface area contributed by atoms with E-state index >= 15 is 0 Å². The van der Waals surface area contributed by atoms with Gasteiger partial charge in [-0.25, -0.2) is 22.0 Å². The van der Waals surface area contributed by atoms with Crippen molar-refractivity contribution in [2.45, 2.75) is 32.1 Å². The minimum absolute atomic E-state index is 0.0713. The Bertz CT molecular complexity index is 1670. The largest absolute Gasteiger partial charge is 0.493 e. The van der Waals surface area contributed by atoms with Crippen molar-refractivity contribution in [3.05, 3.63) is 118 Å². The molecule has 0 bridgehead atoms. The van der Waals surface area contributed by atoms with E-state index in [1.807, 2.05) is 6.92 Å². The van der Waals surface area contributed by atoms with Gasteiger partial charge in [0.15, 0.2) is 0 Å². The van der Waals surface area contributed by atoms with Crippen LogP contribution >= 0.6 is 0 Å². The second-order valence-corrected chi connectivity index (χ2v) is 9.36. The molecule has 4 aromatic carbocycles. The van der Waals surface area contributed by atoms with E-state index in [0.29, 0.717) is 36.8 Å². The molecule has 0 N–H and O–H groups in total. The van der Waals surface area contributed by atoms with Gasteiger partial charge in [-0.1, -0.05) is 37.3 Å².